The maximum Gasteiger partial charge on any atom is 0.315 e. The average molecular weight is 305 g/mol. The minimum atomic E-state index is -0.937. The number of urea groups is 1. The van der Waals surface area contributed by atoms with Crippen LogP contribution in [0, 0.1) is 11.6 Å². The van der Waals surface area contributed by atoms with Crippen LogP contribution in [0.4, 0.5) is 13.6 Å². The van der Waals surface area contributed by atoms with Gasteiger partial charge in [-0.15, -0.1) is 0 Å². The third-order valence-corrected chi connectivity index (χ3v) is 3.27. The van der Waals surface area contributed by atoms with Crippen molar-refractivity contribution in [3.63, 3.8) is 0 Å². The van der Waals surface area contributed by atoms with Crippen LogP contribution in [-0.2, 0) is 0 Å². The van der Waals surface area contributed by atoms with Crippen LogP contribution in [0.3, 0.4) is 0 Å². The van der Waals surface area contributed by atoms with Crippen LogP contribution in [0.1, 0.15) is 37.2 Å². The second-order valence-corrected chi connectivity index (χ2v) is 4.99. The molecule has 0 bridgehead atoms. The molecule has 0 spiro atoms. The zero-order chi connectivity index (χ0) is 16.1. The van der Waals surface area contributed by atoms with Gasteiger partial charge < -0.3 is 10.6 Å². The number of nitrogens with one attached hydrogen (secondary N) is 2. The van der Waals surface area contributed by atoms with Crippen LogP contribution in [0.15, 0.2) is 42.6 Å². The number of aromatic nitrogens is 1. The van der Waals surface area contributed by atoms with Crippen molar-refractivity contribution in [2.45, 2.75) is 25.9 Å². The van der Waals surface area contributed by atoms with Gasteiger partial charge in [0.1, 0.15) is 0 Å². The van der Waals surface area contributed by atoms with E-state index in [9.17, 15) is 13.6 Å². The van der Waals surface area contributed by atoms with Crippen molar-refractivity contribution in [3.8, 4) is 0 Å². The van der Waals surface area contributed by atoms with E-state index in [-0.39, 0.29) is 6.04 Å². The fourth-order valence-electron chi connectivity index (χ4n) is 2.01. The Balaban J connectivity index is 1.95. The predicted octanol–water partition coefficient (Wildman–Crippen LogP) is 3.48. The molecule has 0 aliphatic carbocycles. The summed E-state index contributed by atoms with van der Waals surface area (Å²) in [4.78, 5) is 16.1. The Labute approximate surface area is 127 Å². The van der Waals surface area contributed by atoms with Crippen molar-refractivity contribution in [2.24, 2.45) is 0 Å². The predicted molar refractivity (Wildman–Crippen MR) is 79.1 cm³/mol. The molecule has 0 saturated heterocycles. The summed E-state index contributed by atoms with van der Waals surface area (Å²) in [5.74, 6) is -1.85. The van der Waals surface area contributed by atoms with Gasteiger partial charge in [-0.05, 0) is 43.7 Å². The van der Waals surface area contributed by atoms with Crippen LogP contribution >= 0.6 is 0 Å². The number of halogens is 2. The quantitative estimate of drug-likeness (QED) is 0.908. The molecule has 116 valence electrons. The van der Waals surface area contributed by atoms with E-state index in [0.29, 0.717) is 5.56 Å². The molecule has 4 nitrogen and oxygen atoms in total. The fourth-order valence-corrected chi connectivity index (χ4v) is 2.01. The minimum Gasteiger partial charge on any atom is -0.332 e. The van der Waals surface area contributed by atoms with Crippen LogP contribution in [-0.4, -0.2) is 11.0 Å². The SMILES string of the molecule is C[C@H](NC(=O)N[C@@H](C)c1ccccn1)c1ccc(F)c(F)c1. The number of carbonyl (C=O) groups is 1. The smallest absolute Gasteiger partial charge is 0.315 e. The molecule has 2 atom stereocenters. The molecule has 2 amide bonds. The van der Waals surface area contributed by atoms with E-state index < -0.39 is 23.7 Å². The Morgan fingerprint density at radius 1 is 1.05 bits per heavy atom. The van der Waals surface area contributed by atoms with Gasteiger partial charge in [0.15, 0.2) is 11.6 Å². The molecule has 0 aliphatic rings. The summed E-state index contributed by atoms with van der Waals surface area (Å²) in [5, 5.41) is 5.42. The number of amides is 2. The Morgan fingerprint density at radius 3 is 2.41 bits per heavy atom. The molecule has 1 aromatic carbocycles. The lowest BCUT2D eigenvalue weighted by Crippen LogP contribution is -2.38. The van der Waals surface area contributed by atoms with E-state index in [2.05, 4.69) is 15.6 Å². The first-order valence-corrected chi connectivity index (χ1v) is 6.90. The molecule has 1 aromatic heterocycles. The van der Waals surface area contributed by atoms with E-state index >= 15 is 0 Å². The van der Waals surface area contributed by atoms with Gasteiger partial charge in [-0.1, -0.05) is 12.1 Å². The van der Waals surface area contributed by atoms with Crippen LogP contribution in [0.5, 0.6) is 0 Å². The Morgan fingerprint density at radius 2 is 1.77 bits per heavy atom. The largest absolute Gasteiger partial charge is 0.332 e. The van der Waals surface area contributed by atoms with Gasteiger partial charge in [-0.25, -0.2) is 13.6 Å². The molecule has 1 heterocycles. The number of carbonyl (C=O) groups excluding carboxylic acids is 1. The highest BCUT2D eigenvalue weighted by Gasteiger charge is 2.14. The van der Waals surface area contributed by atoms with Gasteiger partial charge in [0.2, 0.25) is 0 Å². The van der Waals surface area contributed by atoms with Crippen molar-refractivity contribution >= 4 is 6.03 Å². The highest BCUT2D eigenvalue weighted by atomic mass is 19.2. The molecule has 2 aromatic rings. The summed E-state index contributed by atoms with van der Waals surface area (Å²) in [6.07, 6.45) is 1.65. The lowest BCUT2D eigenvalue weighted by atomic mass is 10.1. The zero-order valence-electron chi connectivity index (χ0n) is 12.3. The first-order valence-electron chi connectivity index (χ1n) is 6.90. The van der Waals surface area contributed by atoms with Gasteiger partial charge in [0.25, 0.3) is 0 Å². The molecule has 2 N–H and O–H groups in total. The van der Waals surface area contributed by atoms with Gasteiger partial charge in [0, 0.05) is 6.20 Å². The number of rotatable bonds is 4. The van der Waals surface area contributed by atoms with E-state index in [1.54, 1.807) is 19.2 Å². The lowest BCUT2D eigenvalue weighted by Gasteiger charge is -2.18. The van der Waals surface area contributed by atoms with Crippen molar-refractivity contribution in [3.05, 3.63) is 65.5 Å². The summed E-state index contributed by atoms with van der Waals surface area (Å²) in [6.45, 7) is 3.50. The Kier molecular flexibility index (Phi) is 5.04. The van der Waals surface area contributed by atoms with Crippen molar-refractivity contribution < 1.29 is 13.6 Å². The van der Waals surface area contributed by atoms with E-state index in [4.69, 9.17) is 0 Å². The molecular weight excluding hydrogens is 288 g/mol. The third-order valence-electron chi connectivity index (χ3n) is 3.27. The summed E-state index contributed by atoms with van der Waals surface area (Å²) in [6, 6.07) is 7.86. The second-order valence-electron chi connectivity index (χ2n) is 4.99. The van der Waals surface area contributed by atoms with Crippen LogP contribution in [0.2, 0.25) is 0 Å². The van der Waals surface area contributed by atoms with E-state index in [1.807, 2.05) is 19.1 Å². The van der Waals surface area contributed by atoms with Gasteiger partial charge in [-0.2, -0.15) is 0 Å². The van der Waals surface area contributed by atoms with Gasteiger partial charge in [-0.3, -0.25) is 4.98 Å². The van der Waals surface area contributed by atoms with Crippen molar-refractivity contribution in [1.82, 2.24) is 15.6 Å². The third kappa shape index (κ3) is 4.00. The van der Waals surface area contributed by atoms with Crippen LogP contribution in [0.25, 0.3) is 0 Å². The normalized spacial score (nSPS) is 13.3. The number of hydrogen-bond acceptors (Lipinski definition) is 2. The Bertz CT molecular complexity index is 649. The Hall–Kier alpha value is -2.50. The zero-order valence-corrected chi connectivity index (χ0v) is 12.3. The maximum atomic E-state index is 13.2. The molecular formula is C16H17F2N3O. The van der Waals surface area contributed by atoms with E-state index in [1.165, 1.54) is 6.07 Å². The standard InChI is InChI=1S/C16H17F2N3O/c1-10(12-6-7-13(17)14(18)9-12)20-16(22)21-11(2)15-5-3-4-8-19-15/h3-11H,1-2H3,(H2,20,21,22)/t10-,11-/m0/s1. The summed E-state index contributed by atoms with van der Waals surface area (Å²) < 4.78 is 26.1. The summed E-state index contributed by atoms with van der Waals surface area (Å²) in [7, 11) is 0. The van der Waals surface area contributed by atoms with E-state index in [0.717, 1.165) is 17.8 Å². The van der Waals surface area contributed by atoms with Gasteiger partial charge in [0.05, 0.1) is 17.8 Å². The minimum absolute atomic E-state index is 0.265. The van der Waals surface area contributed by atoms with Crippen molar-refractivity contribution in [2.75, 3.05) is 0 Å². The molecule has 22 heavy (non-hydrogen) atoms. The monoisotopic (exact) mass is 305 g/mol. The number of nitrogens with zero attached hydrogens (tertiary/aromatic N) is 1. The van der Waals surface area contributed by atoms with Crippen molar-refractivity contribution in [1.29, 1.82) is 0 Å². The number of hydrogen-bond donors (Lipinski definition) is 2. The first kappa shape index (κ1) is 15.9. The summed E-state index contributed by atoms with van der Waals surface area (Å²) in [5.41, 5.74) is 1.22. The topological polar surface area (TPSA) is 54.0 Å². The molecule has 0 unspecified atom stereocenters. The molecule has 0 aliphatic heterocycles. The first-order chi connectivity index (χ1) is 10.5. The average Bonchev–Trinajstić information content (AvgIpc) is 2.50. The van der Waals surface area contributed by atoms with Gasteiger partial charge >= 0.3 is 6.03 Å². The highest BCUT2D eigenvalue weighted by molar-refractivity contribution is 5.74. The molecule has 0 fully saturated rings. The molecule has 0 radical (unpaired) electrons. The second kappa shape index (κ2) is 6.98. The molecule has 0 saturated carbocycles. The molecule has 6 heteroatoms. The number of benzene rings is 1. The number of pyridine rings is 1. The highest BCUT2D eigenvalue weighted by Crippen LogP contribution is 2.16. The summed E-state index contributed by atoms with van der Waals surface area (Å²) >= 11 is 0. The molecule has 2 rings (SSSR count). The maximum absolute atomic E-state index is 13.2. The lowest BCUT2D eigenvalue weighted by molar-refractivity contribution is 0.234. The fraction of sp³-hybridized carbons (Fsp3) is 0.250. The van der Waals surface area contributed by atoms with Crippen LogP contribution < -0.4 is 10.6 Å².